The van der Waals surface area contributed by atoms with Crippen LogP contribution in [0.15, 0.2) is 64.2 Å². The van der Waals surface area contributed by atoms with Crippen LogP contribution in [-0.2, 0) is 6.42 Å². The predicted molar refractivity (Wildman–Crippen MR) is 121 cm³/mol. The van der Waals surface area contributed by atoms with Crippen LogP contribution < -0.4 is 5.32 Å². The lowest BCUT2D eigenvalue weighted by Crippen LogP contribution is -1.96. The summed E-state index contributed by atoms with van der Waals surface area (Å²) in [6, 6.07) is 16.1. The summed E-state index contributed by atoms with van der Waals surface area (Å²) in [5.74, 6) is 0.791. The van der Waals surface area contributed by atoms with E-state index in [9.17, 15) is 0 Å². The quantitative estimate of drug-likeness (QED) is 0.253. The number of hydrogen-bond donors (Lipinski definition) is 1. The highest BCUT2D eigenvalue weighted by molar-refractivity contribution is 9.10. The third-order valence-corrected chi connectivity index (χ3v) is 6.67. The number of thiophene rings is 1. The molecule has 0 aliphatic rings. The van der Waals surface area contributed by atoms with Gasteiger partial charge in [-0.3, -0.25) is 0 Å². The Hall–Kier alpha value is -2.40. The zero-order valence-electron chi connectivity index (χ0n) is 14.9. The van der Waals surface area contributed by atoms with Crippen molar-refractivity contribution in [3.05, 3.63) is 64.2 Å². The number of nitrogens with zero attached hydrogens (tertiary/aromatic N) is 3. The molecule has 0 spiro atoms. The van der Waals surface area contributed by atoms with E-state index in [-0.39, 0.29) is 0 Å². The van der Waals surface area contributed by atoms with Gasteiger partial charge in [-0.1, -0.05) is 35.0 Å². The molecule has 0 radical (unpaired) electrons. The number of thiocyanates is 1. The summed E-state index contributed by atoms with van der Waals surface area (Å²) in [5, 5.41) is 15.4. The van der Waals surface area contributed by atoms with E-state index in [1.54, 1.807) is 17.7 Å². The Labute approximate surface area is 179 Å². The minimum absolute atomic E-state index is 0.791. The van der Waals surface area contributed by atoms with Crippen molar-refractivity contribution in [2.24, 2.45) is 0 Å². The second kappa shape index (κ2) is 8.31. The van der Waals surface area contributed by atoms with E-state index in [4.69, 9.17) is 5.26 Å². The number of halogens is 1. The van der Waals surface area contributed by atoms with Crippen LogP contribution in [0, 0.1) is 10.7 Å². The number of hydrogen-bond acceptors (Lipinski definition) is 6. The van der Waals surface area contributed by atoms with Gasteiger partial charge in [0.1, 0.15) is 22.4 Å². The second-order valence-electron chi connectivity index (χ2n) is 6.01. The first kappa shape index (κ1) is 18.9. The van der Waals surface area contributed by atoms with Crippen molar-refractivity contribution < 1.29 is 0 Å². The normalized spacial score (nSPS) is 10.8. The van der Waals surface area contributed by atoms with E-state index >= 15 is 0 Å². The lowest BCUT2D eigenvalue weighted by atomic mass is 10.0. The van der Waals surface area contributed by atoms with E-state index in [2.05, 4.69) is 67.8 Å². The summed E-state index contributed by atoms with van der Waals surface area (Å²) in [5.41, 5.74) is 3.27. The van der Waals surface area contributed by atoms with Crippen molar-refractivity contribution in [3.63, 3.8) is 0 Å². The van der Waals surface area contributed by atoms with Gasteiger partial charge in [-0.25, -0.2) is 9.97 Å². The number of aryl methyl sites for hydroxylation is 1. The fourth-order valence-corrected chi connectivity index (χ4v) is 4.78. The highest BCUT2D eigenvalue weighted by Crippen LogP contribution is 2.42. The van der Waals surface area contributed by atoms with Crippen LogP contribution in [0.4, 0.5) is 11.5 Å². The Morgan fingerprint density at radius 1 is 1.11 bits per heavy atom. The lowest BCUT2D eigenvalue weighted by molar-refractivity contribution is 1.19. The Balaban J connectivity index is 1.82. The van der Waals surface area contributed by atoms with Gasteiger partial charge in [0.25, 0.3) is 0 Å². The van der Waals surface area contributed by atoms with Crippen LogP contribution in [0.3, 0.4) is 0 Å². The minimum Gasteiger partial charge on any atom is -0.340 e. The molecule has 138 valence electrons. The van der Waals surface area contributed by atoms with E-state index in [1.807, 2.05) is 24.3 Å². The van der Waals surface area contributed by atoms with Crippen LogP contribution >= 0.6 is 39.0 Å². The fourth-order valence-electron chi connectivity index (χ4n) is 3.04. The molecule has 2 aromatic carbocycles. The zero-order chi connectivity index (χ0) is 19.5. The SMILES string of the molecule is CCc1sc2ncnc(Nc3ccc(SC#N)cc3)c2c1-c1ccc(Br)cc1. The van der Waals surface area contributed by atoms with Gasteiger partial charge >= 0.3 is 0 Å². The standard InChI is InChI=1S/C21H15BrN4S2/c1-2-17-18(13-3-5-14(22)6-4-13)19-20(24-12-25-21(19)28-17)26-15-7-9-16(10-8-15)27-11-23/h3-10,12H,2H2,1H3,(H,24,25,26). The molecule has 1 N–H and O–H groups in total. The number of anilines is 2. The first-order chi connectivity index (χ1) is 13.7. The highest BCUT2D eigenvalue weighted by atomic mass is 79.9. The van der Waals surface area contributed by atoms with Crippen LogP contribution in [0.1, 0.15) is 11.8 Å². The monoisotopic (exact) mass is 466 g/mol. The van der Waals surface area contributed by atoms with Crippen molar-refractivity contribution in [2.75, 3.05) is 5.32 Å². The molecule has 0 saturated heterocycles. The molecule has 7 heteroatoms. The third kappa shape index (κ3) is 3.76. The molecule has 2 aromatic heterocycles. The number of nitriles is 1. The van der Waals surface area contributed by atoms with Crippen molar-refractivity contribution in [1.29, 1.82) is 5.26 Å². The van der Waals surface area contributed by atoms with Gasteiger partial charge in [-0.2, -0.15) is 5.26 Å². The smallest absolute Gasteiger partial charge is 0.143 e. The highest BCUT2D eigenvalue weighted by Gasteiger charge is 2.18. The molecule has 4 nitrogen and oxygen atoms in total. The Kier molecular flexibility index (Phi) is 5.62. The minimum atomic E-state index is 0.791. The molecule has 4 aromatic rings. The molecule has 0 atom stereocenters. The van der Waals surface area contributed by atoms with Gasteiger partial charge in [0.05, 0.1) is 5.39 Å². The Morgan fingerprint density at radius 2 is 1.86 bits per heavy atom. The molecule has 0 aliphatic carbocycles. The zero-order valence-corrected chi connectivity index (χ0v) is 18.2. The number of fused-ring (bicyclic) bond motifs is 1. The predicted octanol–water partition coefficient (Wildman–Crippen LogP) is 7.00. The fraction of sp³-hybridized carbons (Fsp3) is 0.0952. The van der Waals surface area contributed by atoms with Crippen molar-refractivity contribution in [3.8, 4) is 16.5 Å². The molecule has 0 amide bonds. The largest absolute Gasteiger partial charge is 0.340 e. The molecular weight excluding hydrogens is 452 g/mol. The number of thioether (sulfide) groups is 1. The number of benzene rings is 2. The summed E-state index contributed by atoms with van der Waals surface area (Å²) >= 11 is 6.38. The van der Waals surface area contributed by atoms with E-state index in [1.165, 1.54) is 10.4 Å². The molecule has 0 unspecified atom stereocenters. The van der Waals surface area contributed by atoms with Gasteiger partial charge in [0, 0.05) is 25.5 Å². The molecule has 4 rings (SSSR count). The first-order valence-corrected chi connectivity index (χ1v) is 11.1. The van der Waals surface area contributed by atoms with Crippen molar-refractivity contribution >= 4 is 60.8 Å². The van der Waals surface area contributed by atoms with Gasteiger partial charge in [-0.05, 0) is 60.1 Å². The molecule has 0 aliphatic heterocycles. The average Bonchev–Trinajstić information content (AvgIpc) is 3.10. The average molecular weight is 467 g/mol. The molecular formula is C21H15BrN4S2. The maximum atomic E-state index is 8.80. The molecule has 0 saturated carbocycles. The molecule has 0 fully saturated rings. The molecule has 0 bridgehead atoms. The maximum Gasteiger partial charge on any atom is 0.143 e. The topological polar surface area (TPSA) is 61.6 Å². The van der Waals surface area contributed by atoms with Gasteiger partial charge in [-0.15, -0.1) is 11.3 Å². The summed E-state index contributed by atoms with van der Waals surface area (Å²) < 4.78 is 1.05. The Morgan fingerprint density at radius 3 is 2.54 bits per heavy atom. The summed E-state index contributed by atoms with van der Waals surface area (Å²) in [7, 11) is 0. The van der Waals surface area contributed by atoms with Crippen molar-refractivity contribution in [2.45, 2.75) is 18.2 Å². The summed E-state index contributed by atoms with van der Waals surface area (Å²) in [6.07, 6.45) is 2.54. The maximum absolute atomic E-state index is 8.80. The lowest BCUT2D eigenvalue weighted by Gasteiger charge is -2.10. The van der Waals surface area contributed by atoms with Gasteiger partial charge in [0.15, 0.2) is 0 Å². The van der Waals surface area contributed by atoms with Crippen LogP contribution in [0.25, 0.3) is 21.3 Å². The van der Waals surface area contributed by atoms with E-state index in [0.717, 1.165) is 54.8 Å². The number of aromatic nitrogens is 2. The second-order valence-corrected chi connectivity index (χ2v) is 8.86. The number of rotatable bonds is 5. The first-order valence-electron chi connectivity index (χ1n) is 8.65. The van der Waals surface area contributed by atoms with Crippen molar-refractivity contribution in [1.82, 2.24) is 9.97 Å². The third-order valence-electron chi connectivity index (χ3n) is 4.30. The van der Waals surface area contributed by atoms with Crippen LogP contribution in [0.2, 0.25) is 0 Å². The van der Waals surface area contributed by atoms with Crippen LogP contribution in [0.5, 0.6) is 0 Å². The molecule has 2 heterocycles. The van der Waals surface area contributed by atoms with E-state index < -0.39 is 0 Å². The van der Waals surface area contributed by atoms with Crippen LogP contribution in [-0.4, -0.2) is 9.97 Å². The summed E-state index contributed by atoms with van der Waals surface area (Å²) in [6.45, 7) is 2.17. The van der Waals surface area contributed by atoms with Gasteiger partial charge < -0.3 is 5.32 Å². The van der Waals surface area contributed by atoms with E-state index in [0.29, 0.717) is 0 Å². The number of nitrogens with one attached hydrogen (secondary N) is 1. The summed E-state index contributed by atoms with van der Waals surface area (Å²) in [4.78, 5) is 12.2. The Bertz CT molecular complexity index is 1160. The van der Waals surface area contributed by atoms with Gasteiger partial charge in [0.2, 0.25) is 0 Å². The molecule has 28 heavy (non-hydrogen) atoms.